The largest absolute Gasteiger partial charge is 0.238 e. The molecule has 0 amide bonds. The van der Waals surface area contributed by atoms with Gasteiger partial charge in [-0.25, -0.2) is 19.8 Å². The molecule has 0 fully saturated rings. The van der Waals surface area contributed by atoms with Crippen LogP contribution in [0.2, 0.25) is 0 Å². The molecule has 9 aromatic carbocycles. The van der Waals surface area contributed by atoms with E-state index in [2.05, 4.69) is 138 Å². The summed E-state index contributed by atoms with van der Waals surface area (Å²) in [6.45, 7) is 8.07. The van der Waals surface area contributed by atoms with Crippen molar-refractivity contribution in [2.75, 3.05) is 0 Å². The Hall–Kier alpha value is -8.00. The van der Waals surface area contributed by atoms with Gasteiger partial charge in [0.25, 0.3) is 0 Å². The molecule has 1 heterocycles. The molecule has 0 radical (unpaired) electrons. The van der Waals surface area contributed by atoms with E-state index in [0.717, 1.165) is 49.9 Å². The fourth-order valence-corrected chi connectivity index (χ4v) is 8.45. The highest BCUT2D eigenvalue weighted by Crippen LogP contribution is 2.51. The van der Waals surface area contributed by atoms with Gasteiger partial charge in [-0.3, -0.25) is 0 Å². The Morgan fingerprint density at radius 3 is 1.67 bits per heavy atom. The third kappa shape index (κ3) is 5.65. The number of hydrogen-bond acceptors (Lipinski definition) is 3. The summed E-state index contributed by atoms with van der Waals surface area (Å²) in [6, 6.07) is 67.6. The fraction of sp³-hybridized carbons (Fsp3) is 0. The summed E-state index contributed by atoms with van der Waals surface area (Å²) in [7, 11) is 0. The van der Waals surface area contributed by atoms with Gasteiger partial charge in [0.15, 0.2) is 23.2 Å². The van der Waals surface area contributed by atoms with E-state index < -0.39 is 0 Å². The van der Waals surface area contributed by atoms with Crippen molar-refractivity contribution in [2.24, 2.45) is 0 Å². The quantitative estimate of drug-likeness (QED) is 0.160. The van der Waals surface area contributed by atoms with Crippen LogP contribution in [-0.4, -0.2) is 15.0 Å². The summed E-state index contributed by atoms with van der Waals surface area (Å²) in [5.41, 5.74) is 14.8. The molecule has 0 saturated heterocycles. The van der Waals surface area contributed by atoms with Crippen molar-refractivity contribution in [3.63, 3.8) is 0 Å². The molecule has 0 spiro atoms. The predicted octanol–water partition coefficient (Wildman–Crippen LogP) is 14.4. The predicted molar refractivity (Wildman–Crippen MR) is 238 cm³/mol. The first kappa shape index (κ1) is 33.3. The molecule has 0 N–H and O–H groups in total. The third-order valence-electron chi connectivity index (χ3n) is 11.3. The average Bonchev–Trinajstić information content (AvgIpc) is 3.64. The highest BCUT2D eigenvalue weighted by molar-refractivity contribution is 6.19. The minimum atomic E-state index is 0.589. The molecule has 58 heavy (non-hydrogen) atoms. The van der Waals surface area contributed by atoms with Crippen molar-refractivity contribution in [3.05, 3.63) is 206 Å². The van der Waals surface area contributed by atoms with E-state index in [1.54, 1.807) is 0 Å². The smallest absolute Gasteiger partial charge is 0.194 e. The molecular formula is C54H32N4. The van der Waals surface area contributed by atoms with Crippen LogP contribution in [0.3, 0.4) is 0 Å². The minimum Gasteiger partial charge on any atom is -0.238 e. The second kappa shape index (κ2) is 13.6. The third-order valence-corrected chi connectivity index (χ3v) is 11.3. The van der Waals surface area contributed by atoms with Crippen molar-refractivity contribution in [2.45, 2.75) is 0 Å². The van der Waals surface area contributed by atoms with Crippen LogP contribution in [0.15, 0.2) is 194 Å². The Labute approximate surface area is 336 Å². The van der Waals surface area contributed by atoms with E-state index in [0.29, 0.717) is 23.2 Å². The first-order valence-electron chi connectivity index (χ1n) is 19.4. The van der Waals surface area contributed by atoms with Gasteiger partial charge in [-0.1, -0.05) is 182 Å². The highest BCUT2D eigenvalue weighted by atomic mass is 15.0. The van der Waals surface area contributed by atoms with E-state index in [1.165, 1.54) is 44.0 Å². The number of fused-ring (bicyclic) bond motifs is 4. The van der Waals surface area contributed by atoms with Gasteiger partial charge in [0.05, 0.1) is 6.57 Å². The standard InChI is InChI=1S/C54H32N4/c1-55-49-30-28-41(40-16-9-17-42(31-40)44-29-27-36-15-10-20-46-45-18-7-8-19-47(45)51(44)50(36)46)33-48(49)35-22-24-38(25-23-35)53-56-52(37-12-3-2-4-13-37)57-54(58-53)43-26-21-34-11-5-6-14-39(34)32-43/h2-33H. The molecule has 0 saturated carbocycles. The van der Waals surface area contributed by atoms with Gasteiger partial charge < -0.3 is 0 Å². The topological polar surface area (TPSA) is 43.0 Å². The summed E-state index contributed by atoms with van der Waals surface area (Å²) in [4.78, 5) is 18.8. The Morgan fingerprint density at radius 2 is 0.862 bits per heavy atom. The SMILES string of the molecule is [C-]#[N+]c1ccc(-c2cccc(-c3ccc4cccc5c4c3-c3ccccc3-5)c2)cc1-c1ccc(-c2nc(-c3ccccc3)nc(-c3ccc4ccccc4c3)n2)cc1. The van der Waals surface area contributed by atoms with Gasteiger partial charge in [0.1, 0.15) is 0 Å². The molecular weight excluding hydrogens is 705 g/mol. The summed E-state index contributed by atoms with van der Waals surface area (Å²) in [5.74, 6) is 1.82. The summed E-state index contributed by atoms with van der Waals surface area (Å²) in [6.07, 6.45) is 0. The molecule has 0 bridgehead atoms. The van der Waals surface area contributed by atoms with E-state index in [1.807, 2.05) is 60.7 Å². The van der Waals surface area contributed by atoms with Crippen molar-refractivity contribution >= 4 is 27.2 Å². The zero-order valence-corrected chi connectivity index (χ0v) is 31.3. The van der Waals surface area contributed by atoms with Crippen molar-refractivity contribution < 1.29 is 0 Å². The van der Waals surface area contributed by atoms with Gasteiger partial charge in [0, 0.05) is 16.7 Å². The highest BCUT2D eigenvalue weighted by Gasteiger charge is 2.24. The summed E-state index contributed by atoms with van der Waals surface area (Å²) >= 11 is 0. The van der Waals surface area contributed by atoms with Crippen LogP contribution in [0.4, 0.5) is 5.69 Å². The Bertz CT molecular complexity index is 3290. The lowest BCUT2D eigenvalue weighted by Crippen LogP contribution is -2.00. The van der Waals surface area contributed by atoms with Crippen LogP contribution in [0.1, 0.15) is 0 Å². The van der Waals surface area contributed by atoms with Crippen LogP contribution in [0.5, 0.6) is 0 Å². The molecule has 10 aromatic rings. The average molecular weight is 737 g/mol. The molecule has 4 nitrogen and oxygen atoms in total. The van der Waals surface area contributed by atoms with E-state index >= 15 is 0 Å². The molecule has 1 aromatic heterocycles. The minimum absolute atomic E-state index is 0.589. The first-order chi connectivity index (χ1) is 28.7. The van der Waals surface area contributed by atoms with E-state index in [9.17, 15) is 0 Å². The van der Waals surface area contributed by atoms with Crippen LogP contribution < -0.4 is 0 Å². The number of nitrogens with zero attached hydrogens (tertiary/aromatic N) is 4. The molecule has 11 rings (SSSR count). The van der Waals surface area contributed by atoms with E-state index in [4.69, 9.17) is 21.5 Å². The van der Waals surface area contributed by atoms with Gasteiger partial charge in [-0.15, -0.1) is 0 Å². The maximum Gasteiger partial charge on any atom is 0.194 e. The number of hydrogen-bond donors (Lipinski definition) is 0. The van der Waals surface area contributed by atoms with Gasteiger partial charge in [0.2, 0.25) is 0 Å². The van der Waals surface area contributed by atoms with Gasteiger partial charge in [-0.05, 0) is 89.3 Å². The lowest BCUT2D eigenvalue weighted by atomic mass is 9.90. The van der Waals surface area contributed by atoms with Crippen molar-refractivity contribution in [3.8, 4) is 89.8 Å². The Kier molecular flexibility index (Phi) is 7.84. The normalized spacial score (nSPS) is 11.4. The number of benzene rings is 9. The Morgan fingerprint density at radius 1 is 0.310 bits per heavy atom. The lowest BCUT2D eigenvalue weighted by Gasteiger charge is -2.13. The zero-order valence-electron chi connectivity index (χ0n) is 31.3. The van der Waals surface area contributed by atoms with Gasteiger partial charge >= 0.3 is 0 Å². The lowest BCUT2D eigenvalue weighted by molar-refractivity contribution is 1.07. The maximum absolute atomic E-state index is 8.07. The Balaban J connectivity index is 0.966. The van der Waals surface area contributed by atoms with Crippen molar-refractivity contribution in [1.29, 1.82) is 0 Å². The second-order valence-electron chi connectivity index (χ2n) is 14.7. The molecule has 0 aliphatic heterocycles. The molecule has 268 valence electrons. The summed E-state index contributed by atoms with van der Waals surface area (Å²) < 4.78 is 0. The summed E-state index contributed by atoms with van der Waals surface area (Å²) in [5, 5.41) is 4.87. The monoisotopic (exact) mass is 736 g/mol. The fourth-order valence-electron chi connectivity index (χ4n) is 8.45. The van der Waals surface area contributed by atoms with Crippen molar-refractivity contribution in [1.82, 2.24) is 15.0 Å². The molecule has 0 unspecified atom stereocenters. The molecule has 1 aliphatic carbocycles. The zero-order chi connectivity index (χ0) is 38.6. The van der Waals surface area contributed by atoms with Crippen LogP contribution in [-0.2, 0) is 0 Å². The van der Waals surface area contributed by atoms with E-state index in [-0.39, 0.29) is 0 Å². The van der Waals surface area contributed by atoms with Crippen LogP contribution in [0.25, 0.3) is 116 Å². The second-order valence-corrected chi connectivity index (χ2v) is 14.7. The molecule has 1 aliphatic rings. The molecule has 4 heteroatoms. The first-order valence-corrected chi connectivity index (χ1v) is 19.4. The maximum atomic E-state index is 8.07. The van der Waals surface area contributed by atoms with Crippen LogP contribution >= 0.6 is 0 Å². The number of aromatic nitrogens is 3. The van der Waals surface area contributed by atoms with Crippen LogP contribution in [0, 0.1) is 6.57 Å². The van der Waals surface area contributed by atoms with Gasteiger partial charge in [-0.2, -0.15) is 0 Å². The molecule has 0 atom stereocenters. The number of rotatable bonds is 6.